The molecule has 1 aliphatic carbocycles. The standard InChI is InChI=1S/C24H23FN6O/c25-16-12-10-15(11-13-16)14-27-31-22(26)20(24(32)28-17-6-2-1-3-7-17)21-23(31)30-19-9-5-4-8-18(19)29-21/h4-5,8-14,17H,1-3,6-7,26H2,(H,28,32). The number of rotatable bonds is 4. The summed E-state index contributed by atoms with van der Waals surface area (Å²) in [6.07, 6.45) is 6.88. The van der Waals surface area contributed by atoms with Gasteiger partial charge in [0.15, 0.2) is 5.65 Å². The summed E-state index contributed by atoms with van der Waals surface area (Å²) < 4.78 is 14.6. The fraction of sp³-hybridized carbons (Fsp3) is 0.250. The van der Waals surface area contributed by atoms with E-state index in [0.29, 0.717) is 27.8 Å². The van der Waals surface area contributed by atoms with Gasteiger partial charge in [-0.1, -0.05) is 43.5 Å². The number of halogens is 1. The summed E-state index contributed by atoms with van der Waals surface area (Å²) in [6, 6.07) is 13.5. The molecule has 0 spiro atoms. The van der Waals surface area contributed by atoms with Crippen molar-refractivity contribution in [3.8, 4) is 0 Å². The maximum absolute atomic E-state index is 13.2. The van der Waals surface area contributed by atoms with Crippen molar-refractivity contribution in [1.82, 2.24) is 20.0 Å². The molecule has 1 saturated carbocycles. The van der Waals surface area contributed by atoms with Gasteiger partial charge in [0, 0.05) is 6.04 Å². The SMILES string of the molecule is Nc1c(C(=O)NC2CCCCC2)c2nc3ccccc3nc2n1N=Cc1ccc(F)cc1. The van der Waals surface area contributed by atoms with Crippen LogP contribution in [0.3, 0.4) is 0 Å². The summed E-state index contributed by atoms with van der Waals surface area (Å²) in [5, 5.41) is 7.57. The van der Waals surface area contributed by atoms with Crippen molar-refractivity contribution in [2.24, 2.45) is 5.10 Å². The summed E-state index contributed by atoms with van der Waals surface area (Å²) in [6.45, 7) is 0. The molecule has 2 aromatic heterocycles. The second-order valence-electron chi connectivity index (χ2n) is 8.06. The number of carbonyl (C=O) groups excluding carboxylic acids is 1. The van der Waals surface area contributed by atoms with Crippen LogP contribution in [0.5, 0.6) is 0 Å². The van der Waals surface area contributed by atoms with E-state index < -0.39 is 0 Å². The van der Waals surface area contributed by atoms with Gasteiger partial charge in [0.2, 0.25) is 0 Å². The van der Waals surface area contributed by atoms with Gasteiger partial charge in [-0.25, -0.2) is 14.4 Å². The van der Waals surface area contributed by atoms with E-state index in [1.807, 2.05) is 24.3 Å². The Bertz CT molecular complexity index is 1320. The molecule has 8 heteroatoms. The first kappa shape index (κ1) is 20.1. The van der Waals surface area contributed by atoms with Crippen molar-refractivity contribution in [2.75, 3.05) is 5.73 Å². The zero-order valence-electron chi connectivity index (χ0n) is 17.5. The second kappa shape index (κ2) is 8.37. The lowest BCUT2D eigenvalue weighted by atomic mass is 9.95. The first-order valence-corrected chi connectivity index (χ1v) is 10.8. The normalized spacial score (nSPS) is 15.0. The number of hydrogen-bond acceptors (Lipinski definition) is 5. The molecule has 1 aliphatic rings. The molecule has 0 saturated heterocycles. The van der Waals surface area contributed by atoms with Gasteiger partial charge >= 0.3 is 0 Å². The lowest BCUT2D eigenvalue weighted by Crippen LogP contribution is -2.36. The Balaban J connectivity index is 1.61. The average molecular weight is 430 g/mol. The lowest BCUT2D eigenvalue weighted by molar-refractivity contribution is 0.0930. The van der Waals surface area contributed by atoms with Gasteiger partial charge in [-0.2, -0.15) is 9.78 Å². The zero-order chi connectivity index (χ0) is 22.1. The molecule has 1 fully saturated rings. The topological polar surface area (TPSA) is 98.2 Å². The maximum atomic E-state index is 13.2. The Morgan fingerprint density at radius 3 is 2.47 bits per heavy atom. The average Bonchev–Trinajstić information content (AvgIpc) is 3.08. The highest BCUT2D eigenvalue weighted by molar-refractivity contribution is 6.10. The van der Waals surface area contributed by atoms with E-state index in [4.69, 9.17) is 10.7 Å². The highest BCUT2D eigenvalue weighted by Crippen LogP contribution is 2.28. The minimum atomic E-state index is -0.327. The number of fused-ring (bicyclic) bond motifs is 2. The van der Waals surface area contributed by atoms with Gasteiger partial charge in [0.1, 0.15) is 22.7 Å². The smallest absolute Gasteiger partial charge is 0.257 e. The van der Waals surface area contributed by atoms with Crippen molar-refractivity contribution in [3.05, 3.63) is 65.5 Å². The number of para-hydroxylation sites is 2. The minimum Gasteiger partial charge on any atom is -0.383 e. The number of hydrogen-bond donors (Lipinski definition) is 2. The number of anilines is 1. The molecule has 0 bridgehead atoms. The quantitative estimate of drug-likeness (QED) is 0.473. The van der Waals surface area contributed by atoms with E-state index in [1.54, 1.807) is 18.3 Å². The number of aromatic nitrogens is 3. The van der Waals surface area contributed by atoms with Crippen LogP contribution < -0.4 is 11.1 Å². The van der Waals surface area contributed by atoms with Crippen molar-refractivity contribution < 1.29 is 9.18 Å². The van der Waals surface area contributed by atoms with Gasteiger partial charge in [-0.3, -0.25) is 4.79 Å². The largest absolute Gasteiger partial charge is 0.383 e. The van der Waals surface area contributed by atoms with Crippen LogP contribution in [0.4, 0.5) is 10.2 Å². The fourth-order valence-electron chi connectivity index (χ4n) is 4.17. The second-order valence-corrected chi connectivity index (χ2v) is 8.06. The monoisotopic (exact) mass is 430 g/mol. The van der Waals surface area contributed by atoms with E-state index in [-0.39, 0.29) is 29.1 Å². The Kier molecular flexibility index (Phi) is 5.26. The third-order valence-corrected chi connectivity index (χ3v) is 5.83. The van der Waals surface area contributed by atoms with Gasteiger partial charge in [0.05, 0.1) is 17.2 Å². The fourth-order valence-corrected chi connectivity index (χ4v) is 4.17. The summed E-state index contributed by atoms with van der Waals surface area (Å²) >= 11 is 0. The Morgan fingerprint density at radius 2 is 1.75 bits per heavy atom. The predicted molar refractivity (Wildman–Crippen MR) is 123 cm³/mol. The van der Waals surface area contributed by atoms with Gasteiger partial charge in [0.25, 0.3) is 5.91 Å². The molecule has 0 unspecified atom stereocenters. The Morgan fingerprint density at radius 1 is 1.06 bits per heavy atom. The van der Waals surface area contributed by atoms with E-state index in [2.05, 4.69) is 15.4 Å². The van der Waals surface area contributed by atoms with Crippen molar-refractivity contribution in [3.63, 3.8) is 0 Å². The molecule has 3 N–H and O–H groups in total. The number of benzene rings is 2. The molecule has 4 aromatic rings. The summed E-state index contributed by atoms with van der Waals surface area (Å²) in [7, 11) is 0. The summed E-state index contributed by atoms with van der Waals surface area (Å²) in [5.41, 5.74) is 9.54. The number of nitrogens with zero attached hydrogens (tertiary/aromatic N) is 4. The van der Waals surface area contributed by atoms with Crippen LogP contribution in [0, 0.1) is 5.82 Å². The molecule has 162 valence electrons. The van der Waals surface area contributed by atoms with Crippen molar-refractivity contribution in [2.45, 2.75) is 38.1 Å². The molecule has 0 radical (unpaired) electrons. The molecule has 2 heterocycles. The molecule has 32 heavy (non-hydrogen) atoms. The van der Waals surface area contributed by atoms with Gasteiger partial charge in [-0.05, 0) is 42.7 Å². The van der Waals surface area contributed by atoms with Crippen LogP contribution >= 0.6 is 0 Å². The van der Waals surface area contributed by atoms with E-state index in [1.165, 1.54) is 23.2 Å². The number of carbonyl (C=O) groups is 1. The van der Waals surface area contributed by atoms with E-state index >= 15 is 0 Å². The lowest BCUT2D eigenvalue weighted by Gasteiger charge is -2.22. The Labute approximate surface area is 184 Å². The van der Waals surface area contributed by atoms with Crippen LogP contribution in [0.15, 0.2) is 53.6 Å². The summed E-state index contributed by atoms with van der Waals surface area (Å²) in [4.78, 5) is 22.6. The molecule has 2 aromatic carbocycles. The summed E-state index contributed by atoms with van der Waals surface area (Å²) in [5.74, 6) is -0.422. The minimum absolute atomic E-state index is 0.130. The highest BCUT2D eigenvalue weighted by Gasteiger charge is 2.26. The van der Waals surface area contributed by atoms with Crippen LogP contribution in [0.25, 0.3) is 22.2 Å². The molecular formula is C24H23FN6O. The third-order valence-electron chi connectivity index (χ3n) is 5.83. The molecule has 7 nitrogen and oxygen atoms in total. The first-order chi connectivity index (χ1) is 15.6. The molecule has 1 amide bonds. The van der Waals surface area contributed by atoms with Crippen LogP contribution in [0.1, 0.15) is 48.0 Å². The van der Waals surface area contributed by atoms with E-state index in [9.17, 15) is 9.18 Å². The van der Waals surface area contributed by atoms with Crippen LogP contribution in [0.2, 0.25) is 0 Å². The predicted octanol–water partition coefficient (Wildman–Crippen LogP) is 4.25. The molecule has 0 atom stereocenters. The van der Waals surface area contributed by atoms with Crippen molar-refractivity contribution in [1.29, 1.82) is 0 Å². The maximum Gasteiger partial charge on any atom is 0.257 e. The number of amides is 1. The van der Waals surface area contributed by atoms with Crippen molar-refractivity contribution >= 4 is 40.1 Å². The third kappa shape index (κ3) is 3.79. The number of nitrogens with one attached hydrogen (secondary N) is 1. The first-order valence-electron chi connectivity index (χ1n) is 10.8. The number of nitrogens with two attached hydrogens (primary N) is 1. The number of nitrogen functional groups attached to an aromatic ring is 1. The molecule has 5 rings (SSSR count). The molecular weight excluding hydrogens is 407 g/mol. The van der Waals surface area contributed by atoms with Gasteiger partial charge < -0.3 is 11.1 Å². The highest BCUT2D eigenvalue weighted by atomic mass is 19.1. The molecule has 0 aliphatic heterocycles. The van der Waals surface area contributed by atoms with Crippen LogP contribution in [-0.2, 0) is 0 Å². The van der Waals surface area contributed by atoms with E-state index in [0.717, 1.165) is 25.7 Å². The van der Waals surface area contributed by atoms with Crippen LogP contribution in [-0.4, -0.2) is 32.8 Å². The van der Waals surface area contributed by atoms with Gasteiger partial charge in [-0.15, -0.1) is 0 Å². The Hall–Kier alpha value is -3.81. The zero-order valence-corrected chi connectivity index (χ0v) is 17.5.